The van der Waals surface area contributed by atoms with E-state index in [1.807, 2.05) is 0 Å². The van der Waals surface area contributed by atoms with Crippen LogP contribution in [-0.2, 0) is 0 Å². The molecule has 0 aromatic heterocycles. The molecule has 2 aromatic carbocycles. The average molecular weight is 401 g/mol. The smallest absolute Gasteiger partial charge is 0.0975 e. The molecule has 0 unspecified atom stereocenters. The second-order valence-corrected chi connectivity index (χ2v) is 7.97. The summed E-state index contributed by atoms with van der Waals surface area (Å²) in [5, 5.41) is 26.3. The predicted octanol–water partition coefficient (Wildman–Crippen LogP) is 5.43. The van der Waals surface area contributed by atoms with E-state index >= 15 is 0 Å². The molecule has 8 heteroatoms. The fraction of sp³-hybridized carbons (Fsp3) is 0.125. The Balaban J connectivity index is 1.86. The fourth-order valence-corrected chi connectivity index (χ4v) is 4.08. The van der Waals surface area contributed by atoms with Gasteiger partial charge in [-0.2, -0.15) is 0 Å². The zero-order valence-electron chi connectivity index (χ0n) is 12.4. The van der Waals surface area contributed by atoms with E-state index in [0.717, 1.165) is 11.1 Å². The Kier molecular flexibility index (Phi) is 7.78. The van der Waals surface area contributed by atoms with Gasteiger partial charge in [0, 0.05) is 21.2 Å². The number of nitrogens with zero attached hydrogens (tertiary/aromatic N) is 2. The third kappa shape index (κ3) is 5.63. The van der Waals surface area contributed by atoms with Crippen LogP contribution in [0.1, 0.15) is 11.1 Å². The Morgan fingerprint density at radius 3 is 1.33 bits per heavy atom. The summed E-state index contributed by atoms with van der Waals surface area (Å²) in [4.78, 5) is 0. The van der Waals surface area contributed by atoms with Crippen molar-refractivity contribution in [3.05, 3.63) is 69.7 Å². The molecule has 0 bridgehead atoms. The third-order valence-electron chi connectivity index (χ3n) is 3.07. The first-order valence-electron chi connectivity index (χ1n) is 6.82. The highest BCUT2D eigenvalue weighted by molar-refractivity contribution is 8.77. The predicted molar refractivity (Wildman–Crippen MR) is 104 cm³/mol. The minimum absolute atomic E-state index is 0.502. The van der Waals surface area contributed by atoms with Gasteiger partial charge in [0.1, 0.15) is 0 Å². The zero-order chi connectivity index (χ0) is 17.4. The highest BCUT2D eigenvalue weighted by atomic mass is 35.5. The summed E-state index contributed by atoms with van der Waals surface area (Å²) >= 11 is 11.7. The van der Waals surface area contributed by atoms with Crippen LogP contribution < -0.4 is 0 Å². The van der Waals surface area contributed by atoms with Crippen LogP contribution in [0, 0.1) is 0 Å². The fourth-order valence-electron chi connectivity index (χ4n) is 1.82. The molecule has 0 atom stereocenters. The summed E-state index contributed by atoms with van der Waals surface area (Å²) in [7, 11) is 3.00. The first-order valence-corrected chi connectivity index (χ1v) is 10.1. The third-order valence-corrected chi connectivity index (χ3v) is 5.73. The number of hydrogen-bond acceptors (Lipinski definition) is 6. The van der Waals surface area contributed by atoms with Gasteiger partial charge in [0.05, 0.1) is 22.9 Å². The van der Waals surface area contributed by atoms with Crippen molar-refractivity contribution in [2.24, 2.45) is 10.3 Å². The van der Waals surface area contributed by atoms with E-state index < -0.39 is 0 Å². The van der Waals surface area contributed by atoms with Crippen LogP contribution in [0.15, 0.2) is 58.8 Å². The molecule has 24 heavy (non-hydrogen) atoms. The molecular weight excluding hydrogens is 387 g/mol. The molecule has 0 heterocycles. The quantitative estimate of drug-likeness (QED) is 0.213. The molecule has 0 aliphatic carbocycles. The molecule has 0 spiro atoms. The van der Waals surface area contributed by atoms with Crippen LogP contribution >= 0.6 is 44.8 Å². The summed E-state index contributed by atoms with van der Waals surface area (Å²) in [5.41, 5.74) is 2.73. The van der Waals surface area contributed by atoms with Crippen molar-refractivity contribution in [1.82, 2.24) is 0 Å². The van der Waals surface area contributed by atoms with Crippen molar-refractivity contribution in [1.29, 1.82) is 0 Å². The van der Waals surface area contributed by atoms with Gasteiger partial charge in [0.25, 0.3) is 0 Å². The van der Waals surface area contributed by atoms with Gasteiger partial charge in [-0.05, 0) is 24.3 Å². The Hall–Kier alpha value is -1.34. The molecule has 2 aromatic rings. The summed E-state index contributed by atoms with van der Waals surface area (Å²) in [6, 6.07) is 14.2. The van der Waals surface area contributed by atoms with E-state index in [2.05, 4.69) is 10.3 Å². The van der Waals surface area contributed by atoms with E-state index in [0.29, 0.717) is 33.0 Å². The summed E-state index contributed by atoms with van der Waals surface area (Å²) in [6.45, 7) is 0. The summed E-state index contributed by atoms with van der Waals surface area (Å²) in [6.07, 6.45) is 0. The molecule has 126 valence electrons. The van der Waals surface area contributed by atoms with Gasteiger partial charge < -0.3 is 10.4 Å². The van der Waals surface area contributed by atoms with Crippen LogP contribution in [0.4, 0.5) is 0 Å². The van der Waals surface area contributed by atoms with Crippen LogP contribution in [0.2, 0.25) is 10.0 Å². The number of benzene rings is 2. The maximum Gasteiger partial charge on any atom is 0.0975 e. The molecule has 0 aliphatic rings. The van der Waals surface area contributed by atoms with Crippen molar-refractivity contribution in [2.45, 2.75) is 0 Å². The van der Waals surface area contributed by atoms with Gasteiger partial charge in [-0.1, -0.05) is 79.4 Å². The van der Waals surface area contributed by atoms with Crippen LogP contribution in [-0.4, -0.2) is 33.3 Å². The van der Waals surface area contributed by atoms with Gasteiger partial charge >= 0.3 is 0 Å². The molecule has 2 rings (SSSR count). The number of hydrogen-bond donors (Lipinski definition) is 2. The minimum atomic E-state index is 0.502. The molecule has 4 nitrogen and oxygen atoms in total. The first kappa shape index (κ1) is 19.0. The highest BCUT2D eigenvalue weighted by Crippen LogP contribution is 2.25. The number of halogens is 2. The molecular formula is C16H14Cl2N2O2S2. The van der Waals surface area contributed by atoms with Crippen LogP contribution in [0.3, 0.4) is 0 Å². The van der Waals surface area contributed by atoms with Crippen molar-refractivity contribution in [2.75, 3.05) is 11.5 Å². The minimum Gasteiger partial charge on any atom is -0.411 e. The molecule has 0 amide bonds. The summed E-state index contributed by atoms with van der Waals surface area (Å²) in [5.74, 6) is 1.00. The molecule has 0 radical (unpaired) electrons. The summed E-state index contributed by atoms with van der Waals surface area (Å²) < 4.78 is 0. The van der Waals surface area contributed by atoms with Crippen molar-refractivity contribution >= 4 is 56.2 Å². The first-order chi connectivity index (χ1) is 11.6. The van der Waals surface area contributed by atoms with Gasteiger partial charge in [-0.25, -0.2) is 0 Å². The van der Waals surface area contributed by atoms with E-state index in [-0.39, 0.29) is 0 Å². The molecule has 0 saturated carbocycles. The van der Waals surface area contributed by atoms with E-state index in [9.17, 15) is 0 Å². The maximum atomic E-state index is 9.16. The maximum absolute atomic E-state index is 9.16. The topological polar surface area (TPSA) is 65.2 Å². The van der Waals surface area contributed by atoms with Crippen molar-refractivity contribution in [3.63, 3.8) is 0 Å². The Morgan fingerprint density at radius 1 is 0.708 bits per heavy atom. The zero-order valence-corrected chi connectivity index (χ0v) is 15.5. The van der Waals surface area contributed by atoms with E-state index in [4.69, 9.17) is 33.6 Å². The van der Waals surface area contributed by atoms with Crippen molar-refractivity contribution < 1.29 is 10.4 Å². The normalized spacial score (nSPS) is 12.4. The van der Waals surface area contributed by atoms with Gasteiger partial charge in [0.15, 0.2) is 0 Å². The van der Waals surface area contributed by atoms with Crippen LogP contribution in [0.5, 0.6) is 0 Å². The van der Waals surface area contributed by atoms with Gasteiger partial charge in [-0.15, -0.1) is 0 Å². The van der Waals surface area contributed by atoms with E-state index in [1.165, 1.54) is 21.6 Å². The largest absolute Gasteiger partial charge is 0.411 e. The standard InChI is InChI=1S/C16H14Cl2N2O2S2/c17-13-5-1-11(2-6-13)15(19-21)9-23-24-10-16(20-22)12-3-7-14(18)8-4-12/h1-8,21-22H,9-10H2/b19-15-,20-16+. The van der Waals surface area contributed by atoms with Gasteiger partial charge in [0.2, 0.25) is 0 Å². The second kappa shape index (κ2) is 9.84. The van der Waals surface area contributed by atoms with Crippen molar-refractivity contribution in [3.8, 4) is 0 Å². The SMILES string of the molecule is O/N=C(\CSSC/C(=N/O)c1ccc(Cl)cc1)c1ccc(Cl)cc1. The Labute approximate surface area is 157 Å². The Bertz CT molecular complexity index is 656. The average Bonchev–Trinajstić information content (AvgIpc) is 2.60. The monoisotopic (exact) mass is 400 g/mol. The second-order valence-electron chi connectivity index (χ2n) is 4.63. The lowest BCUT2D eigenvalue weighted by atomic mass is 10.1. The number of oxime groups is 2. The van der Waals surface area contributed by atoms with E-state index in [1.54, 1.807) is 48.5 Å². The molecule has 0 aliphatic heterocycles. The molecule has 0 fully saturated rings. The molecule has 0 saturated heterocycles. The molecule has 2 N–H and O–H groups in total. The lowest BCUT2D eigenvalue weighted by Gasteiger charge is -2.06. The number of rotatable bonds is 7. The lowest BCUT2D eigenvalue weighted by Crippen LogP contribution is -2.06. The van der Waals surface area contributed by atoms with Crippen LogP contribution in [0.25, 0.3) is 0 Å². The van der Waals surface area contributed by atoms with Gasteiger partial charge in [-0.3, -0.25) is 0 Å². The lowest BCUT2D eigenvalue weighted by molar-refractivity contribution is 0.319. The highest BCUT2D eigenvalue weighted by Gasteiger charge is 2.08. The Morgan fingerprint density at radius 2 is 1.04 bits per heavy atom.